The molecule has 0 atom stereocenters. The van der Waals surface area contributed by atoms with E-state index in [1.54, 1.807) is 0 Å². The zero-order valence-corrected chi connectivity index (χ0v) is 8.79. The second-order valence-corrected chi connectivity index (χ2v) is 3.24. The zero-order chi connectivity index (χ0) is 12.1. The first-order valence-corrected chi connectivity index (χ1v) is 4.90. The molecule has 1 aromatic heterocycles. The van der Waals surface area contributed by atoms with E-state index in [0.717, 1.165) is 12.8 Å². The predicted molar refractivity (Wildman–Crippen MR) is 56.6 cm³/mol. The highest BCUT2D eigenvalue weighted by Gasteiger charge is 2.16. The van der Waals surface area contributed by atoms with Crippen LogP contribution in [0.2, 0.25) is 0 Å². The summed E-state index contributed by atoms with van der Waals surface area (Å²) in [5.41, 5.74) is -2.24. The van der Waals surface area contributed by atoms with Crippen LogP contribution in [0.5, 0.6) is 5.88 Å². The van der Waals surface area contributed by atoms with Gasteiger partial charge in [0, 0.05) is 6.54 Å². The average Bonchev–Trinajstić information content (AvgIpc) is 2.16. The quantitative estimate of drug-likeness (QED) is 0.509. The Kier molecular flexibility index (Phi) is 3.87. The molecule has 0 radical (unpaired) electrons. The van der Waals surface area contributed by atoms with Crippen LogP contribution in [-0.2, 0) is 0 Å². The molecular formula is C9H13N3O4. The number of carbonyl (C=O) groups excluding carboxylic acids is 1. The molecule has 1 amide bonds. The highest BCUT2D eigenvalue weighted by atomic mass is 16.3. The molecule has 0 unspecified atom stereocenters. The van der Waals surface area contributed by atoms with Crippen LogP contribution in [0.3, 0.4) is 0 Å². The third-order valence-electron chi connectivity index (χ3n) is 1.97. The second kappa shape index (κ2) is 5.15. The minimum absolute atomic E-state index is 0.410. The van der Waals surface area contributed by atoms with Crippen molar-refractivity contribution >= 4 is 5.91 Å². The van der Waals surface area contributed by atoms with Crippen molar-refractivity contribution in [3.8, 4) is 5.88 Å². The number of aromatic nitrogens is 2. The monoisotopic (exact) mass is 227 g/mol. The lowest BCUT2D eigenvalue weighted by molar-refractivity contribution is 0.0948. The molecular weight excluding hydrogens is 214 g/mol. The van der Waals surface area contributed by atoms with Gasteiger partial charge in [-0.05, 0) is 6.42 Å². The van der Waals surface area contributed by atoms with Gasteiger partial charge in [-0.25, -0.2) is 4.79 Å². The molecule has 0 bridgehead atoms. The number of carbonyl (C=O) groups is 1. The van der Waals surface area contributed by atoms with E-state index in [1.165, 1.54) is 0 Å². The summed E-state index contributed by atoms with van der Waals surface area (Å²) in [6.45, 7) is 2.36. The van der Waals surface area contributed by atoms with Gasteiger partial charge in [-0.3, -0.25) is 19.6 Å². The van der Waals surface area contributed by atoms with Gasteiger partial charge in [-0.1, -0.05) is 13.3 Å². The van der Waals surface area contributed by atoms with E-state index in [0.29, 0.717) is 6.54 Å². The molecule has 0 aliphatic rings. The number of H-pyrrole nitrogens is 2. The predicted octanol–water partition coefficient (Wildman–Crippen LogP) is -0.701. The largest absolute Gasteiger partial charge is 0.494 e. The normalized spacial score (nSPS) is 10.1. The molecule has 0 saturated heterocycles. The van der Waals surface area contributed by atoms with Crippen molar-refractivity contribution in [3.05, 3.63) is 26.4 Å². The molecule has 88 valence electrons. The number of aromatic hydroxyl groups is 1. The van der Waals surface area contributed by atoms with Gasteiger partial charge in [0.2, 0.25) is 5.88 Å². The number of amides is 1. The summed E-state index contributed by atoms with van der Waals surface area (Å²) < 4.78 is 0. The first kappa shape index (κ1) is 12.0. The Hall–Kier alpha value is -2.05. The molecule has 1 rings (SSSR count). The lowest BCUT2D eigenvalue weighted by Crippen LogP contribution is -2.34. The van der Waals surface area contributed by atoms with Gasteiger partial charge in [0.25, 0.3) is 11.5 Å². The molecule has 1 aromatic rings. The van der Waals surface area contributed by atoms with Crippen molar-refractivity contribution in [3.63, 3.8) is 0 Å². The molecule has 0 aromatic carbocycles. The molecule has 16 heavy (non-hydrogen) atoms. The van der Waals surface area contributed by atoms with Gasteiger partial charge in [0.05, 0.1) is 0 Å². The van der Waals surface area contributed by atoms with Gasteiger partial charge < -0.3 is 10.4 Å². The molecule has 7 nitrogen and oxygen atoms in total. The van der Waals surface area contributed by atoms with E-state index >= 15 is 0 Å². The summed E-state index contributed by atoms with van der Waals surface area (Å²) in [5, 5.41) is 11.7. The van der Waals surface area contributed by atoms with Crippen LogP contribution in [0.25, 0.3) is 0 Å². The smallest absolute Gasteiger partial charge is 0.328 e. The summed E-state index contributed by atoms with van der Waals surface area (Å²) in [6, 6.07) is 0. The minimum Gasteiger partial charge on any atom is -0.494 e. The Morgan fingerprint density at radius 3 is 2.62 bits per heavy atom. The Bertz CT molecular complexity index is 488. The molecule has 0 aliphatic carbocycles. The molecule has 0 spiro atoms. The molecule has 0 aliphatic heterocycles. The molecule has 0 saturated carbocycles. The van der Waals surface area contributed by atoms with Gasteiger partial charge in [-0.2, -0.15) is 0 Å². The van der Waals surface area contributed by atoms with Gasteiger partial charge in [0.15, 0.2) is 5.56 Å². The highest BCUT2D eigenvalue weighted by Crippen LogP contribution is 2.03. The van der Waals surface area contributed by atoms with Crippen LogP contribution >= 0.6 is 0 Å². The molecule has 4 N–H and O–H groups in total. The lowest BCUT2D eigenvalue weighted by Gasteiger charge is -2.04. The van der Waals surface area contributed by atoms with Crippen molar-refractivity contribution < 1.29 is 9.90 Å². The van der Waals surface area contributed by atoms with Gasteiger partial charge in [0.1, 0.15) is 0 Å². The number of unbranched alkanes of at least 4 members (excludes halogenated alkanes) is 1. The van der Waals surface area contributed by atoms with Crippen LogP contribution in [0, 0.1) is 0 Å². The molecule has 1 heterocycles. The maximum absolute atomic E-state index is 11.5. The van der Waals surface area contributed by atoms with Crippen LogP contribution in [-0.4, -0.2) is 27.5 Å². The first-order chi connectivity index (χ1) is 7.56. The highest BCUT2D eigenvalue weighted by molar-refractivity contribution is 5.95. The van der Waals surface area contributed by atoms with Crippen LogP contribution in [0.1, 0.15) is 30.1 Å². The average molecular weight is 227 g/mol. The summed E-state index contributed by atoms with van der Waals surface area (Å²) >= 11 is 0. The first-order valence-electron chi connectivity index (χ1n) is 4.90. The zero-order valence-electron chi connectivity index (χ0n) is 8.79. The van der Waals surface area contributed by atoms with Crippen molar-refractivity contribution in [1.29, 1.82) is 0 Å². The summed E-state index contributed by atoms with van der Waals surface area (Å²) in [6.07, 6.45) is 1.67. The summed E-state index contributed by atoms with van der Waals surface area (Å²) in [5.74, 6) is -1.42. The Labute approximate surface area is 90.5 Å². The van der Waals surface area contributed by atoms with Crippen molar-refractivity contribution in [2.45, 2.75) is 19.8 Å². The second-order valence-electron chi connectivity index (χ2n) is 3.24. The van der Waals surface area contributed by atoms with E-state index in [1.807, 2.05) is 16.9 Å². The maximum Gasteiger partial charge on any atom is 0.328 e. The van der Waals surface area contributed by atoms with Gasteiger partial charge in [-0.15, -0.1) is 0 Å². The lowest BCUT2D eigenvalue weighted by atomic mass is 10.3. The number of rotatable bonds is 4. The summed E-state index contributed by atoms with van der Waals surface area (Å²) in [4.78, 5) is 37.2. The van der Waals surface area contributed by atoms with Crippen LogP contribution < -0.4 is 16.6 Å². The van der Waals surface area contributed by atoms with Gasteiger partial charge >= 0.3 is 5.69 Å². The number of hydrogen-bond donors (Lipinski definition) is 4. The van der Waals surface area contributed by atoms with E-state index in [9.17, 15) is 19.5 Å². The topological polar surface area (TPSA) is 115 Å². The summed E-state index contributed by atoms with van der Waals surface area (Å²) in [7, 11) is 0. The Morgan fingerprint density at radius 2 is 2.06 bits per heavy atom. The van der Waals surface area contributed by atoms with Crippen molar-refractivity contribution in [2.75, 3.05) is 6.54 Å². The fourth-order valence-corrected chi connectivity index (χ4v) is 1.15. The van der Waals surface area contributed by atoms with Crippen LogP contribution in [0.4, 0.5) is 0 Å². The number of nitrogens with one attached hydrogen (secondary N) is 3. The fraction of sp³-hybridized carbons (Fsp3) is 0.444. The van der Waals surface area contributed by atoms with E-state index in [2.05, 4.69) is 5.32 Å². The SMILES string of the molecule is CCCCNC(=O)c1c(O)[nH]c(=O)[nH]c1=O. The molecule has 7 heteroatoms. The van der Waals surface area contributed by atoms with E-state index in [-0.39, 0.29) is 0 Å². The maximum atomic E-state index is 11.5. The minimum atomic E-state index is -0.907. The number of aromatic amines is 2. The Balaban J connectivity index is 2.92. The Morgan fingerprint density at radius 1 is 1.38 bits per heavy atom. The van der Waals surface area contributed by atoms with Crippen molar-refractivity contribution in [1.82, 2.24) is 15.3 Å². The third-order valence-corrected chi connectivity index (χ3v) is 1.97. The fourth-order valence-electron chi connectivity index (χ4n) is 1.15. The van der Waals surface area contributed by atoms with E-state index in [4.69, 9.17) is 0 Å². The number of hydrogen-bond acceptors (Lipinski definition) is 4. The molecule has 0 fully saturated rings. The third kappa shape index (κ3) is 2.72. The van der Waals surface area contributed by atoms with Crippen LogP contribution in [0.15, 0.2) is 9.59 Å². The standard InChI is InChI=1S/C9H13N3O4/c1-2-3-4-10-6(13)5-7(14)11-9(16)12-8(5)15/h2-4H2,1H3,(H,10,13)(H3,11,12,14,15,16). The van der Waals surface area contributed by atoms with Crippen molar-refractivity contribution in [2.24, 2.45) is 0 Å². The van der Waals surface area contributed by atoms with E-state index < -0.39 is 28.6 Å².